The maximum atomic E-state index is 9.46. The van der Waals surface area contributed by atoms with E-state index in [0.29, 0.717) is 18.1 Å². The van der Waals surface area contributed by atoms with Crippen LogP contribution in [0.25, 0.3) is 28.0 Å². The summed E-state index contributed by atoms with van der Waals surface area (Å²) in [6.45, 7) is 2.45. The fraction of sp³-hybridized carbons (Fsp3) is 0.292. The topological polar surface area (TPSA) is 99.1 Å². The summed E-state index contributed by atoms with van der Waals surface area (Å²) in [5, 5.41) is 15.0. The molecule has 0 aliphatic heterocycles. The van der Waals surface area contributed by atoms with Crippen molar-refractivity contribution in [1.29, 1.82) is 0 Å². The standard InChI is InChI=1S/C24H27N5O2/c1-3-6-20(25)22-9-5-8-21(28-22)16-11-17(15-31-2)19-13-26-29(23(19)12-16)24-10-4-7-18(14-30)27-24/h4-5,7-13,20,30H,3,6,14-15,25H2,1-2H3/t20-/m0/s1. The third-order valence-corrected chi connectivity index (χ3v) is 5.29. The summed E-state index contributed by atoms with van der Waals surface area (Å²) in [5.41, 5.74) is 11.5. The zero-order valence-electron chi connectivity index (χ0n) is 17.8. The molecular weight excluding hydrogens is 390 g/mol. The minimum atomic E-state index is -0.123. The average Bonchev–Trinajstić information content (AvgIpc) is 3.24. The van der Waals surface area contributed by atoms with Gasteiger partial charge in [0.05, 0.1) is 42.0 Å². The SMILES string of the molecule is CCC[C@H](N)c1cccc(-c2cc(COC)c3cnn(-c4cccc(CO)n4)c3c2)n1. The molecule has 7 heteroatoms. The molecule has 3 N–H and O–H groups in total. The number of ether oxygens (including phenoxy) is 1. The van der Waals surface area contributed by atoms with Crippen LogP contribution in [0.2, 0.25) is 0 Å². The molecule has 7 nitrogen and oxygen atoms in total. The Morgan fingerprint density at radius 2 is 1.97 bits per heavy atom. The summed E-state index contributed by atoms with van der Waals surface area (Å²) in [5.74, 6) is 0.647. The van der Waals surface area contributed by atoms with Gasteiger partial charge in [0, 0.05) is 24.1 Å². The summed E-state index contributed by atoms with van der Waals surface area (Å²) in [7, 11) is 1.68. The van der Waals surface area contributed by atoms with Gasteiger partial charge < -0.3 is 15.6 Å². The molecule has 0 unspecified atom stereocenters. The van der Waals surface area contributed by atoms with E-state index in [1.807, 2.05) is 36.5 Å². The molecule has 0 radical (unpaired) electrons. The van der Waals surface area contributed by atoms with E-state index in [1.165, 1.54) is 0 Å². The zero-order valence-corrected chi connectivity index (χ0v) is 17.8. The number of aliphatic hydroxyl groups is 1. The maximum Gasteiger partial charge on any atom is 0.154 e. The highest BCUT2D eigenvalue weighted by molar-refractivity contribution is 5.88. The number of rotatable bonds is 8. The number of fused-ring (bicyclic) bond motifs is 1. The predicted octanol–water partition coefficient (Wildman–Crippen LogP) is 3.92. The number of methoxy groups -OCH3 is 1. The Balaban J connectivity index is 1.86. The van der Waals surface area contributed by atoms with Gasteiger partial charge in [-0.3, -0.25) is 4.98 Å². The van der Waals surface area contributed by atoms with Crippen molar-refractivity contribution in [2.45, 2.75) is 39.0 Å². The van der Waals surface area contributed by atoms with Crippen molar-refractivity contribution in [3.63, 3.8) is 0 Å². The van der Waals surface area contributed by atoms with Gasteiger partial charge in [0.15, 0.2) is 5.82 Å². The average molecular weight is 418 g/mol. The molecule has 0 aliphatic carbocycles. The third kappa shape index (κ3) is 4.34. The second-order valence-electron chi connectivity index (χ2n) is 7.55. The Kier molecular flexibility index (Phi) is 6.36. The highest BCUT2D eigenvalue weighted by atomic mass is 16.5. The molecule has 0 amide bonds. The highest BCUT2D eigenvalue weighted by Gasteiger charge is 2.15. The van der Waals surface area contributed by atoms with Gasteiger partial charge in [-0.2, -0.15) is 5.10 Å². The molecule has 0 saturated heterocycles. The Morgan fingerprint density at radius 1 is 1.13 bits per heavy atom. The van der Waals surface area contributed by atoms with E-state index in [2.05, 4.69) is 29.1 Å². The van der Waals surface area contributed by atoms with Crippen LogP contribution in [0.5, 0.6) is 0 Å². The Labute approximate surface area is 181 Å². The van der Waals surface area contributed by atoms with E-state index in [1.54, 1.807) is 17.9 Å². The molecule has 31 heavy (non-hydrogen) atoms. The molecule has 4 aromatic rings. The zero-order chi connectivity index (χ0) is 21.8. The Hall–Kier alpha value is -3.13. The third-order valence-electron chi connectivity index (χ3n) is 5.29. The van der Waals surface area contributed by atoms with Gasteiger partial charge in [0.25, 0.3) is 0 Å². The second kappa shape index (κ2) is 9.34. The van der Waals surface area contributed by atoms with Gasteiger partial charge in [0.2, 0.25) is 0 Å². The lowest BCUT2D eigenvalue weighted by Gasteiger charge is -2.13. The number of aromatic nitrogens is 4. The number of hydrogen-bond donors (Lipinski definition) is 2. The monoisotopic (exact) mass is 417 g/mol. The number of pyridine rings is 2. The van der Waals surface area contributed by atoms with Crippen LogP contribution in [-0.4, -0.2) is 32.0 Å². The van der Waals surface area contributed by atoms with Gasteiger partial charge >= 0.3 is 0 Å². The lowest BCUT2D eigenvalue weighted by Crippen LogP contribution is -2.11. The van der Waals surface area contributed by atoms with Crippen LogP contribution in [0, 0.1) is 0 Å². The van der Waals surface area contributed by atoms with Crippen LogP contribution in [-0.2, 0) is 18.0 Å². The minimum Gasteiger partial charge on any atom is -0.390 e. The van der Waals surface area contributed by atoms with Crippen LogP contribution in [0.1, 0.15) is 42.8 Å². The van der Waals surface area contributed by atoms with Crippen molar-refractivity contribution in [2.75, 3.05) is 7.11 Å². The molecule has 0 spiro atoms. The largest absolute Gasteiger partial charge is 0.390 e. The first-order valence-corrected chi connectivity index (χ1v) is 10.4. The summed E-state index contributed by atoms with van der Waals surface area (Å²) in [6, 6.07) is 15.6. The maximum absolute atomic E-state index is 9.46. The Morgan fingerprint density at radius 3 is 2.74 bits per heavy atom. The molecule has 0 aliphatic rings. The van der Waals surface area contributed by atoms with Crippen molar-refractivity contribution in [1.82, 2.24) is 19.7 Å². The molecule has 0 saturated carbocycles. The van der Waals surface area contributed by atoms with Gasteiger partial charge in [-0.15, -0.1) is 0 Å². The number of hydrogen-bond acceptors (Lipinski definition) is 6. The lowest BCUT2D eigenvalue weighted by atomic mass is 10.0. The van der Waals surface area contributed by atoms with Crippen molar-refractivity contribution in [2.24, 2.45) is 5.73 Å². The first-order valence-electron chi connectivity index (χ1n) is 10.4. The van der Waals surface area contributed by atoms with Crippen molar-refractivity contribution in [3.05, 3.63) is 71.7 Å². The fourth-order valence-electron chi connectivity index (χ4n) is 3.75. The van der Waals surface area contributed by atoms with Crippen molar-refractivity contribution < 1.29 is 9.84 Å². The van der Waals surface area contributed by atoms with Gasteiger partial charge in [-0.25, -0.2) is 9.67 Å². The number of nitrogens with two attached hydrogens (primary N) is 1. The lowest BCUT2D eigenvalue weighted by molar-refractivity contribution is 0.186. The minimum absolute atomic E-state index is 0.0805. The van der Waals surface area contributed by atoms with Crippen molar-refractivity contribution in [3.8, 4) is 17.1 Å². The number of aliphatic hydroxyl groups excluding tert-OH is 1. The molecule has 0 fully saturated rings. The van der Waals surface area contributed by atoms with Crippen LogP contribution in [0.3, 0.4) is 0 Å². The van der Waals surface area contributed by atoms with Gasteiger partial charge in [-0.1, -0.05) is 25.5 Å². The molecule has 1 atom stereocenters. The molecule has 160 valence electrons. The number of nitrogens with zero attached hydrogens (tertiary/aromatic N) is 4. The second-order valence-corrected chi connectivity index (χ2v) is 7.55. The van der Waals surface area contributed by atoms with E-state index in [9.17, 15) is 5.11 Å². The fourth-order valence-corrected chi connectivity index (χ4v) is 3.75. The summed E-state index contributed by atoms with van der Waals surface area (Å²) in [6.07, 6.45) is 3.72. The van der Waals surface area contributed by atoms with Gasteiger partial charge in [-0.05, 0) is 48.4 Å². The normalized spacial score (nSPS) is 12.4. The summed E-state index contributed by atoms with van der Waals surface area (Å²) < 4.78 is 7.23. The Bertz CT molecular complexity index is 1190. The molecule has 4 rings (SSSR count). The summed E-state index contributed by atoms with van der Waals surface area (Å²) in [4.78, 5) is 9.35. The van der Waals surface area contributed by atoms with E-state index in [0.717, 1.165) is 46.3 Å². The molecule has 3 heterocycles. The molecule has 3 aromatic heterocycles. The molecule has 1 aromatic carbocycles. The van der Waals surface area contributed by atoms with Crippen LogP contribution in [0.15, 0.2) is 54.7 Å². The number of benzene rings is 1. The van der Waals surface area contributed by atoms with Gasteiger partial charge in [0.1, 0.15) is 0 Å². The highest BCUT2D eigenvalue weighted by Crippen LogP contribution is 2.29. The van der Waals surface area contributed by atoms with Crippen LogP contribution >= 0.6 is 0 Å². The van der Waals surface area contributed by atoms with E-state index in [-0.39, 0.29) is 12.6 Å². The summed E-state index contributed by atoms with van der Waals surface area (Å²) >= 11 is 0. The first kappa shape index (κ1) is 21.1. The smallest absolute Gasteiger partial charge is 0.154 e. The van der Waals surface area contributed by atoms with E-state index >= 15 is 0 Å². The van der Waals surface area contributed by atoms with E-state index < -0.39 is 0 Å². The molecule has 0 bridgehead atoms. The van der Waals surface area contributed by atoms with Crippen LogP contribution in [0.4, 0.5) is 0 Å². The van der Waals surface area contributed by atoms with E-state index in [4.69, 9.17) is 15.5 Å². The van der Waals surface area contributed by atoms with Crippen LogP contribution < -0.4 is 5.73 Å². The predicted molar refractivity (Wildman–Crippen MR) is 121 cm³/mol. The quantitative estimate of drug-likeness (QED) is 0.451. The van der Waals surface area contributed by atoms with Crippen molar-refractivity contribution >= 4 is 10.9 Å². The first-order chi connectivity index (χ1) is 15.1. The molecular formula is C24H27N5O2.